The van der Waals surface area contributed by atoms with Crippen molar-refractivity contribution in [3.05, 3.63) is 36.4 Å². The lowest BCUT2D eigenvalue weighted by Gasteiger charge is -2.06. The lowest BCUT2D eigenvalue weighted by Crippen LogP contribution is -2.03. The minimum atomic E-state index is -1.44. The zero-order valence-corrected chi connectivity index (χ0v) is 7.68. The highest BCUT2D eigenvalue weighted by Gasteiger charge is 2.11. The summed E-state index contributed by atoms with van der Waals surface area (Å²) < 4.78 is 4.52. The monoisotopic (exact) mass is 204 g/mol. The van der Waals surface area contributed by atoms with Crippen molar-refractivity contribution in [3.63, 3.8) is 0 Å². The van der Waals surface area contributed by atoms with Gasteiger partial charge in [-0.05, 0) is 11.5 Å². The molecule has 2 N–H and O–H groups in total. The predicted molar refractivity (Wildman–Crippen MR) is 54.3 cm³/mol. The van der Waals surface area contributed by atoms with Crippen molar-refractivity contribution >= 4 is 16.9 Å². The van der Waals surface area contributed by atoms with Crippen molar-refractivity contribution in [2.45, 2.75) is 0 Å². The first-order valence-electron chi connectivity index (χ1n) is 4.30. The van der Waals surface area contributed by atoms with Crippen LogP contribution in [0.25, 0.3) is 10.8 Å². The van der Waals surface area contributed by atoms with E-state index < -0.39 is 6.16 Å². The second kappa shape index (κ2) is 3.49. The minimum absolute atomic E-state index is 0.0272. The first-order chi connectivity index (χ1) is 7.18. The molecule has 0 aromatic heterocycles. The van der Waals surface area contributed by atoms with Gasteiger partial charge in [0.15, 0.2) is 11.5 Å². The molecule has 0 atom stereocenters. The fourth-order valence-corrected chi connectivity index (χ4v) is 1.43. The zero-order chi connectivity index (χ0) is 10.8. The number of hydrogen-bond acceptors (Lipinski definition) is 3. The van der Waals surface area contributed by atoms with Crippen LogP contribution < -0.4 is 4.74 Å². The molecule has 0 saturated heterocycles. The molecule has 0 radical (unpaired) electrons. The Balaban J connectivity index is 2.68. The van der Waals surface area contributed by atoms with Crippen molar-refractivity contribution in [1.82, 2.24) is 0 Å². The summed E-state index contributed by atoms with van der Waals surface area (Å²) in [5.41, 5.74) is 0. The van der Waals surface area contributed by atoms with Gasteiger partial charge in [-0.1, -0.05) is 30.3 Å². The lowest BCUT2D eigenvalue weighted by atomic mass is 10.1. The largest absolute Gasteiger partial charge is 0.511 e. The van der Waals surface area contributed by atoms with E-state index in [-0.39, 0.29) is 11.5 Å². The van der Waals surface area contributed by atoms with Crippen LogP contribution >= 0.6 is 0 Å². The van der Waals surface area contributed by atoms with Gasteiger partial charge >= 0.3 is 6.16 Å². The Hall–Kier alpha value is -2.23. The van der Waals surface area contributed by atoms with Gasteiger partial charge in [-0.15, -0.1) is 0 Å². The summed E-state index contributed by atoms with van der Waals surface area (Å²) in [6, 6.07) is 10.2. The van der Waals surface area contributed by atoms with Crippen molar-refractivity contribution in [2.75, 3.05) is 0 Å². The second-order valence-electron chi connectivity index (χ2n) is 3.00. The van der Waals surface area contributed by atoms with Gasteiger partial charge in [0, 0.05) is 5.39 Å². The topological polar surface area (TPSA) is 66.8 Å². The van der Waals surface area contributed by atoms with E-state index in [0.29, 0.717) is 5.39 Å². The van der Waals surface area contributed by atoms with Crippen LogP contribution in [0.15, 0.2) is 36.4 Å². The molecule has 4 heteroatoms. The van der Waals surface area contributed by atoms with Crippen molar-refractivity contribution in [2.24, 2.45) is 0 Å². The number of ether oxygens (including phenoxy) is 1. The summed E-state index contributed by atoms with van der Waals surface area (Å²) in [7, 11) is 0. The van der Waals surface area contributed by atoms with E-state index in [1.165, 1.54) is 6.07 Å². The third-order valence-corrected chi connectivity index (χ3v) is 2.05. The van der Waals surface area contributed by atoms with Gasteiger partial charge in [0.25, 0.3) is 0 Å². The number of carbonyl (C=O) groups is 1. The molecule has 0 fully saturated rings. The van der Waals surface area contributed by atoms with Crippen LogP contribution in [0, 0.1) is 0 Å². The molecule has 0 aliphatic rings. The number of phenols is 1. The molecule has 0 amide bonds. The number of hydrogen-bond donors (Lipinski definition) is 2. The zero-order valence-electron chi connectivity index (χ0n) is 7.68. The Labute approximate surface area is 85.3 Å². The van der Waals surface area contributed by atoms with Crippen LogP contribution in [0.4, 0.5) is 4.79 Å². The first-order valence-corrected chi connectivity index (χ1v) is 4.30. The number of phenolic OH excluding ortho intramolecular Hbond substituents is 1. The van der Waals surface area contributed by atoms with E-state index in [2.05, 4.69) is 4.74 Å². The highest BCUT2D eigenvalue weighted by Crippen LogP contribution is 2.34. The first kappa shape index (κ1) is 9.33. The third-order valence-electron chi connectivity index (χ3n) is 2.05. The van der Waals surface area contributed by atoms with E-state index in [4.69, 9.17) is 5.11 Å². The van der Waals surface area contributed by atoms with Gasteiger partial charge in [-0.3, -0.25) is 0 Å². The summed E-state index contributed by atoms with van der Waals surface area (Å²) in [6.07, 6.45) is -1.44. The number of rotatable bonds is 1. The standard InChI is InChI=1S/C11H8O4/c12-9-6-5-7-3-1-2-4-8(7)10(9)15-11(13)14/h1-6,12H,(H,13,14). The van der Waals surface area contributed by atoms with Crippen molar-refractivity contribution < 1.29 is 19.7 Å². The minimum Gasteiger partial charge on any atom is -0.504 e. The van der Waals surface area contributed by atoms with Crippen LogP contribution in [0.5, 0.6) is 11.5 Å². The number of aromatic hydroxyl groups is 1. The molecular formula is C11H8O4. The summed E-state index contributed by atoms with van der Waals surface area (Å²) in [6.45, 7) is 0. The average molecular weight is 204 g/mol. The Morgan fingerprint density at radius 2 is 1.87 bits per heavy atom. The molecule has 4 nitrogen and oxygen atoms in total. The molecule has 0 aliphatic heterocycles. The maximum absolute atomic E-state index is 10.4. The summed E-state index contributed by atoms with van der Waals surface area (Å²) >= 11 is 0. The molecule has 15 heavy (non-hydrogen) atoms. The Kier molecular flexibility index (Phi) is 2.17. The van der Waals surface area contributed by atoms with Crippen molar-refractivity contribution in [3.8, 4) is 11.5 Å². The Morgan fingerprint density at radius 1 is 1.13 bits per heavy atom. The fourth-order valence-electron chi connectivity index (χ4n) is 1.43. The number of benzene rings is 2. The van der Waals surface area contributed by atoms with Gasteiger partial charge in [0.1, 0.15) is 0 Å². The lowest BCUT2D eigenvalue weighted by molar-refractivity contribution is 0.143. The molecular weight excluding hydrogens is 196 g/mol. The van der Waals surface area contributed by atoms with E-state index in [9.17, 15) is 9.90 Å². The Morgan fingerprint density at radius 3 is 2.60 bits per heavy atom. The van der Waals surface area contributed by atoms with Gasteiger partial charge < -0.3 is 14.9 Å². The van der Waals surface area contributed by atoms with Crippen LogP contribution in [-0.4, -0.2) is 16.4 Å². The molecule has 0 aliphatic carbocycles. The molecule has 2 rings (SSSR count). The van der Waals surface area contributed by atoms with Gasteiger partial charge in [0.05, 0.1) is 0 Å². The number of carboxylic acid groups (broad SMARTS) is 1. The average Bonchev–Trinajstić information content (AvgIpc) is 2.22. The molecule has 0 heterocycles. The van der Waals surface area contributed by atoms with Crippen LogP contribution in [0.3, 0.4) is 0 Å². The summed E-state index contributed by atoms with van der Waals surface area (Å²) in [5.74, 6) is -0.211. The maximum atomic E-state index is 10.4. The van der Waals surface area contributed by atoms with E-state index in [1.54, 1.807) is 18.2 Å². The van der Waals surface area contributed by atoms with E-state index in [0.717, 1.165) is 5.39 Å². The van der Waals surface area contributed by atoms with Crippen LogP contribution in [-0.2, 0) is 0 Å². The van der Waals surface area contributed by atoms with E-state index in [1.807, 2.05) is 12.1 Å². The maximum Gasteiger partial charge on any atom is 0.511 e. The normalized spacial score (nSPS) is 10.1. The van der Waals surface area contributed by atoms with E-state index >= 15 is 0 Å². The quantitative estimate of drug-likeness (QED) is 0.553. The fraction of sp³-hybridized carbons (Fsp3) is 0. The molecule has 0 saturated carbocycles. The number of fused-ring (bicyclic) bond motifs is 1. The molecule has 2 aromatic carbocycles. The molecule has 0 spiro atoms. The molecule has 76 valence electrons. The van der Waals surface area contributed by atoms with Gasteiger partial charge in [0.2, 0.25) is 0 Å². The highest BCUT2D eigenvalue weighted by atomic mass is 16.7. The third kappa shape index (κ3) is 1.69. The SMILES string of the molecule is O=C(O)Oc1c(O)ccc2ccccc12. The Bertz CT molecular complexity index is 519. The molecule has 0 unspecified atom stereocenters. The molecule has 2 aromatic rings. The highest BCUT2D eigenvalue weighted by molar-refractivity contribution is 5.91. The van der Waals surface area contributed by atoms with Gasteiger partial charge in [-0.25, -0.2) is 4.79 Å². The smallest absolute Gasteiger partial charge is 0.504 e. The summed E-state index contributed by atoms with van der Waals surface area (Å²) in [4.78, 5) is 10.4. The summed E-state index contributed by atoms with van der Waals surface area (Å²) in [5, 5.41) is 19.4. The second-order valence-corrected chi connectivity index (χ2v) is 3.00. The van der Waals surface area contributed by atoms with Crippen LogP contribution in [0.1, 0.15) is 0 Å². The van der Waals surface area contributed by atoms with Gasteiger partial charge in [-0.2, -0.15) is 0 Å². The predicted octanol–water partition coefficient (Wildman–Crippen LogP) is 2.60. The van der Waals surface area contributed by atoms with Crippen molar-refractivity contribution in [1.29, 1.82) is 0 Å². The molecule has 0 bridgehead atoms. The van der Waals surface area contributed by atoms with Crippen LogP contribution in [0.2, 0.25) is 0 Å².